The van der Waals surface area contributed by atoms with Crippen molar-refractivity contribution >= 4 is 17.4 Å². The van der Waals surface area contributed by atoms with E-state index < -0.39 is 4.92 Å². The van der Waals surface area contributed by atoms with Crippen LogP contribution in [0.3, 0.4) is 0 Å². The molecule has 0 aromatic carbocycles. The minimum atomic E-state index is -0.498. The van der Waals surface area contributed by atoms with Crippen LogP contribution in [0.2, 0.25) is 0 Å². The van der Waals surface area contributed by atoms with Crippen LogP contribution >= 0.6 is 0 Å². The number of carbonyl (C=O) groups excluding carboxylic acids is 1. The van der Waals surface area contributed by atoms with E-state index >= 15 is 0 Å². The van der Waals surface area contributed by atoms with Gasteiger partial charge in [-0.15, -0.1) is 6.58 Å². The summed E-state index contributed by atoms with van der Waals surface area (Å²) in [5.41, 5.74) is 0.561. The molecule has 2 rings (SSSR count). The van der Waals surface area contributed by atoms with Crippen molar-refractivity contribution in [1.29, 1.82) is 0 Å². The van der Waals surface area contributed by atoms with Crippen LogP contribution in [0.5, 0.6) is 0 Å². The maximum atomic E-state index is 11.8. The molecule has 0 N–H and O–H groups in total. The number of nitro groups is 1. The van der Waals surface area contributed by atoms with E-state index in [-0.39, 0.29) is 17.5 Å². The van der Waals surface area contributed by atoms with E-state index in [2.05, 4.69) is 11.6 Å². The van der Waals surface area contributed by atoms with Gasteiger partial charge in [0.1, 0.15) is 12.0 Å². The monoisotopic (exact) mass is 247 g/mol. The first kappa shape index (κ1) is 12.2. The van der Waals surface area contributed by atoms with Crippen molar-refractivity contribution in [3.63, 3.8) is 0 Å². The number of nitrogens with zero attached hydrogens (tertiary/aromatic N) is 3. The highest BCUT2D eigenvalue weighted by Gasteiger charge is 2.30. The smallest absolute Gasteiger partial charge is 0.287 e. The van der Waals surface area contributed by atoms with Crippen molar-refractivity contribution in [1.82, 2.24) is 4.98 Å². The molecule has 0 spiro atoms. The first-order valence-electron chi connectivity index (χ1n) is 5.57. The van der Waals surface area contributed by atoms with Crippen LogP contribution in [-0.4, -0.2) is 22.4 Å². The van der Waals surface area contributed by atoms with Crippen LogP contribution < -0.4 is 4.90 Å². The maximum Gasteiger partial charge on any atom is 0.287 e. The molecule has 18 heavy (non-hydrogen) atoms. The van der Waals surface area contributed by atoms with Gasteiger partial charge in [0.25, 0.3) is 5.69 Å². The molecule has 0 bridgehead atoms. The van der Waals surface area contributed by atoms with Crippen molar-refractivity contribution in [2.75, 3.05) is 11.4 Å². The fourth-order valence-corrected chi connectivity index (χ4v) is 2.03. The second-order valence-corrected chi connectivity index (χ2v) is 4.30. The Kier molecular flexibility index (Phi) is 3.10. The van der Waals surface area contributed by atoms with Crippen molar-refractivity contribution < 1.29 is 9.72 Å². The van der Waals surface area contributed by atoms with Gasteiger partial charge in [0.2, 0.25) is 5.91 Å². The Hall–Kier alpha value is -2.24. The van der Waals surface area contributed by atoms with Crippen molar-refractivity contribution in [3.05, 3.63) is 40.6 Å². The van der Waals surface area contributed by atoms with E-state index in [9.17, 15) is 14.9 Å². The Bertz CT molecular complexity index is 527. The van der Waals surface area contributed by atoms with Gasteiger partial charge < -0.3 is 0 Å². The molecule has 1 fully saturated rings. The summed E-state index contributed by atoms with van der Waals surface area (Å²) in [5, 5.41) is 10.6. The van der Waals surface area contributed by atoms with Crippen LogP contribution in [0, 0.1) is 23.0 Å². The number of aromatic nitrogens is 1. The highest BCUT2D eigenvalue weighted by Crippen LogP contribution is 2.28. The number of hydrogen-bond donors (Lipinski definition) is 0. The number of hydrogen-bond acceptors (Lipinski definition) is 4. The van der Waals surface area contributed by atoms with E-state index in [0.717, 1.165) is 0 Å². The number of pyridine rings is 1. The lowest BCUT2D eigenvalue weighted by molar-refractivity contribution is -0.385. The second-order valence-electron chi connectivity index (χ2n) is 4.30. The third-order valence-electron chi connectivity index (χ3n) is 2.99. The molecular formula is C12H13N3O3. The third kappa shape index (κ3) is 2.09. The molecule has 0 saturated carbocycles. The Morgan fingerprint density at radius 1 is 1.67 bits per heavy atom. The fraction of sp³-hybridized carbons (Fsp3) is 0.333. The summed E-state index contributed by atoms with van der Waals surface area (Å²) in [7, 11) is 0. The number of amides is 1. The summed E-state index contributed by atoms with van der Waals surface area (Å²) in [6.45, 7) is 5.92. The minimum absolute atomic E-state index is 0.0237. The number of carbonyl (C=O) groups is 1. The molecule has 6 heteroatoms. The van der Waals surface area contributed by atoms with Crippen LogP contribution in [0.4, 0.5) is 11.5 Å². The summed E-state index contributed by atoms with van der Waals surface area (Å²) in [5.74, 6) is 0.591. The first-order valence-corrected chi connectivity index (χ1v) is 5.57. The Morgan fingerprint density at radius 3 is 2.89 bits per heavy atom. The number of anilines is 1. The molecule has 1 aromatic heterocycles. The van der Waals surface area contributed by atoms with E-state index in [1.54, 1.807) is 17.9 Å². The molecule has 1 aliphatic heterocycles. The van der Waals surface area contributed by atoms with Gasteiger partial charge in [-0.3, -0.25) is 19.8 Å². The molecule has 1 saturated heterocycles. The molecule has 2 heterocycles. The minimum Gasteiger partial charge on any atom is -0.296 e. The van der Waals surface area contributed by atoms with Gasteiger partial charge in [-0.05, 0) is 12.5 Å². The first-order chi connectivity index (χ1) is 8.52. The van der Waals surface area contributed by atoms with Gasteiger partial charge in [0, 0.05) is 24.9 Å². The Morgan fingerprint density at radius 2 is 2.39 bits per heavy atom. The van der Waals surface area contributed by atoms with Gasteiger partial charge in [0.15, 0.2) is 0 Å². The third-order valence-corrected chi connectivity index (χ3v) is 2.99. The van der Waals surface area contributed by atoms with Crippen molar-refractivity contribution in [3.8, 4) is 0 Å². The Labute approximate surface area is 104 Å². The largest absolute Gasteiger partial charge is 0.296 e. The highest BCUT2D eigenvalue weighted by molar-refractivity contribution is 5.95. The highest BCUT2D eigenvalue weighted by atomic mass is 16.6. The molecule has 1 unspecified atom stereocenters. The summed E-state index contributed by atoms with van der Waals surface area (Å²) < 4.78 is 0. The zero-order valence-corrected chi connectivity index (χ0v) is 10.00. The van der Waals surface area contributed by atoms with Crippen molar-refractivity contribution in [2.45, 2.75) is 13.3 Å². The van der Waals surface area contributed by atoms with Gasteiger partial charge in [-0.25, -0.2) is 4.98 Å². The zero-order chi connectivity index (χ0) is 13.3. The predicted molar refractivity (Wildman–Crippen MR) is 66.3 cm³/mol. The lowest BCUT2D eigenvalue weighted by Gasteiger charge is -2.16. The van der Waals surface area contributed by atoms with E-state index in [4.69, 9.17) is 0 Å². The fourth-order valence-electron chi connectivity index (χ4n) is 2.03. The molecule has 1 atom stereocenters. The molecule has 0 aliphatic carbocycles. The normalized spacial score (nSPS) is 19.1. The van der Waals surface area contributed by atoms with Crippen LogP contribution in [0.1, 0.15) is 12.0 Å². The summed E-state index contributed by atoms with van der Waals surface area (Å²) in [4.78, 5) is 27.5. The summed E-state index contributed by atoms with van der Waals surface area (Å²) in [6, 6.07) is 1.43. The van der Waals surface area contributed by atoms with Crippen LogP contribution in [-0.2, 0) is 4.79 Å². The van der Waals surface area contributed by atoms with Gasteiger partial charge >= 0.3 is 0 Å². The van der Waals surface area contributed by atoms with Crippen molar-refractivity contribution in [2.24, 2.45) is 5.92 Å². The zero-order valence-electron chi connectivity index (χ0n) is 10.00. The van der Waals surface area contributed by atoms with Gasteiger partial charge in [-0.2, -0.15) is 0 Å². The summed E-state index contributed by atoms with van der Waals surface area (Å²) >= 11 is 0. The molecule has 6 nitrogen and oxygen atoms in total. The molecular weight excluding hydrogens is 234 g/mol. The van der Waals surface area contributed by atoms with Crippen LogP contribution in [0.15, 0.2) is 24.9 Å². The van der Waals surface area contributed by atoms with Crippen LogP contribution in [0.25, 0.3) is 0 Å². The maximum absolute atomic E-state index is 11.8. The molecule has 1 aromatic rings. The average Bonchev–Trinajstić information content (AvgIpc) is 2.70. The molecule has 0 radical (unpaired) electrons. The predicted octanol–water partition coefficient (Wildman–Crippen LogP) is 1.84. The average molecular weight is 247 g/mol. The topological polar surface area (TPSA) is 76.3 Å². The second kappa shape index (κ2) is 4.56. The SMILES string of the molecule is C=CC1CC(=O)N(c2ncc([N+](=O)[O-])cc2C)C1. The lowest BCUT2D eigenvalue weighted by atomic mass is 10.1. The van der Waals surface area contributed by atoms with E-state index in [1.165, 1.54) is 12.3 Å². The molecule has 1 amide bonds. The van der Waals surface area contributed by atoms with E-state index in [0.29, 0.717) is 24.3 Å². The van der Waals surface area contributed by atoms with Gasteiger partial charge in [0.05, 0.1) is 4.92 Å². The number of aryl methyl sites for hydroxylation is 1. The van der Waals surface area contributed by atoms with Gasteiger partial charge in [-0.1, -0.05) is 6.08 Å². The van der Waals surface area contributed by atoms with E-state index in [1.807, 2.05) is 0 Å². The summed E-state index contributed by atoms with van der Waals surface area (Å²) in [6.07, 6.45) is 3.34. The quantitative estimate of drug-likeness (QED) is 0.464. The number of rotatable bonds is 3. The molecule has 1 aliphatic rings. The Balaban J connectivity index is 2.32. The standard InChI is InChI=1S/C12H13N3O3/c1-3-9-5-11(16)14(7-9)12-8(2)4-10(6-13-12)15(17)18/h3-4,6,9H,1,5,7H2,2H3. The lowest BCUT2D eigenvalue weighted by Crippen LogP contribution is -2.26. The molecule has 94 valence electrons.